The fourth-order valence-electron chi connectivity index (χ4n) is 3.14. The number of amides is 1. The number of benzene rings is 1. The van der Waals surface area contributed by atoms with Crippen molar-refractivity contribution >= 4 is 21.6 Å². The molecule has 1 aliphatic heterocycles. The van der Waals surface area contributed by atoms with E-state index in [4.69, 9.17) is 9.47 Å². The summed E-state index contributed by atoms with van der Waals surface area (Å²) in [5.74, 6) is 0.0980. The van der Waals surface area contributed by atoms with Crippen LogP contribution in [0.3, 0.4) is 0 Å². The zero-order valence-electron chi connectivity index (χ0n) is 16.4. The molecule has 1 aliphatic rings. The first-order valence-corrected chi connectivity index (χ1v) is 10.4. The predicted molar refractivity (Wildman–Crippen MR) is 104 cm³/mol. The highest BCUT2D eigenvalue weighted by Gasteiger charge is 2.39. The molecular weight excluding hydrogens is 370 g/mol. The topological polar surface area (TPSA) is 97.0 Å². The van der Waals surface area contributed by atoms with Gasteiger partial charge in [-0.05, 0) is 51.1 Å². The van der Waals surface area contributed by atoms with Gasteiger partial charge in [0.1, 0.15) is 10.6 Å². The smallest absolute Gasteiger partial charge is 0.246 e. The van der Waals surface area contributed by atoms with Crippen molar-refractivity contribution in [3.63, 3.8) is 0 Å². The lowest BCUT2D eigenvalue weighted by Gasteiger charge is -2.35. The van der Waals surface area contributed by atoms with E-state index in [1.807, 2.05) is 0 Å². The highest BCUT2D eigenvalue weighted by Crippen LogP contribution is 2.33. The lowest BCUT2D eigenvalue weighted by atomic mass is 9.78. The number of methoxy groups -OCH3 is 1. The number of hydrogen-bond acceptors (Lipinski definition) is 6. The highest BCUT2D eigenvalue weighted by atomic mass is 32.2. The van der Waals surface area contributed by atoms with Crippen LogP contribution < -0.4 is 15.4 Å². The minimum absolute atomic E-state index is 0.0262. The molecule has 0 saturated carbocycles. The molecule has 2 N–H and O–H groups in total. The maximum atomic E-state index is 13.0. The molecule has 0 atom stereocenters. The van der Waals surface area contributed by atoms with Crippen molar-refractivity contribution in [3.05, 3.63) is 18.2 Å². The number of rotatable bonds is 8. The highest BCUT2D eigenvalue weighted by molar-refractivity contribution is 7.89. The lowest BCUT2D eigenvalue weighted by Crippen LogP contribution is -2.47. The number of nitrogens with one attached hydrogen (secondary N) is 2. The predicted octanol–water partition coefficient (Wildman–Crippen LogP) is 1.29. The Morgan fingerprint density at radius 2 is 1.96 bits per heavy atom. The normalized spacial score (nSPS) is 16.9. The van der Waals surface area contributed by atoms with Crippen molar-refractivity contribution in [1.82, 2.24) is 9.62 Å². The standard InChI is InChI=1S/C18H29N3O5S/c1-5-26-15-7-6-14(12-16(15)27(23,24)21(2)3)20-17(22)18(13-25-4)8-10-19-11-9-18/h6-7,12,19H,5,8-11,13H2,1-4H3,(H,20,22). The van der Waals surface area contributed by atoms with Gasteiger partial charge in [-0.15, -0.1) is 0 Å². The van der Waals surface area contributed by atoms with E-state index in [1.165, 1.54) is 20.2 Å². The Balaban J connectivity index is 2.34. The van der Waals surface area contributed by atoms with Crippen molar-refractivity contribution < 1.29 is 22.7 Å². The third-order valence-electron chi connectivity index (χ3n) is 4.72. The van der Waals surface area contributed by atoms with Gasteiger partial charge in [0.2, 0.25) is 15.9 Å². The maximum absolute atomic E-state index is 13.0. The largest absolute Gasteiger partial charge is 0.492 e. The molecule has 1 fully saturated rings. The van der Waals surface area contributed by atoms with Gasteiger partial charge >= 0.3 is 0 Å². The van der Waals surface area contributed by atoms with Gasteiger partial charge in [-0.25, -0.2) is 12.7 Å². The van der Waals surface area contributed by atoms with E-state index in [1.54, 1.807) is 26.2 Å². The van der Waals surface area contributed by atoms with Gasteiger partial charge in [0.15, 0.2) is 0 Å². The fraction of sp³-hybridized carbons (Fsp3) is 0.611. The Hall–Kier alpha value is -1.68. The molecule has 8 nitrogen and oxygen atoms in total. The van der Waals surface area contributed by atoms with E-state index in [9.17, 15) is 13.2 Å². The molecule has 1 heterocycles. The van der Waals surface area contributed by atoms with E-state index < -0.39 is 15.4 Å². The third kappa shape index (κ3) is 4.78. The summed E-state index contributed by atoms with van der Waals surface area (Å²) in [6, 6.07) is 4.67. The summed E-state index contributed by atoms with van der Waals surface area (Å²) in [5, 5.41) is 6.12. The zero-order valence-corrected chi connectivity index (χ0v) is 17.2. The molecule has 1 aromatic rings. The van der Waals surface area contributed by atoms with Gasteiger partial charge < -0.3 is 20.1 Å². The van der Waals surface area contributed by atoms with Crippen LogP contribution in [0, 0.1) is 5.41 Å². The van der Waals surface area contributed by atoms with Gasteiger partial charge in [0.05, 0.1) is 18.6 Å². The van der Waals surface area contributed by atoms with Crippen LogP contribution in [0.4, 0.5) is 5.69 Å². The summed E-state index contributed by atoms with van der Waals surface area (Å²) < 4.78 is 37.2. The van der Waals surface area contributed by atoms with Crippen LogP contribution in [0.5, 0.6) is 5.75 Å². The van der Waals surface area contributed by atoms with Crippen LogP contribution in [0.2, 0.25) is 0 Å². The average Bonchev–Trinajstić information content (AvgIpc) is 2.64. The van der Waals surface area contributed by atoms with E-state index >= 15 is 0 Å². The van der Waals surface area contributed by atoms with Crippen molar-refractivity contribution in [3.8, 4) is 5.75 Å². The summed E-state index contributed by atoms with van der Waals surface area (Å²) in [6.45, 7) is 3.92. The molecule has 1 amide bonds. The fourth-order valence-corrected chi connectivity index (χ4v) is 4.19. The summed E-state index contributed by atoms with van der Waals surface area (Å²) >= 11 is 0. The molecule has 0 radical (unpaired) electrons. The summed E-state index contributed by atoms with van der Waals surface area (Å²) in [7, 11) is 0.778. The average molecular weight is 400 g/mol. The lowest BCUT2D eigenvalue weighted by molar-refractivity contribution is -0.130. The van der Waals surface area contributed by atoms with Crippen molar-refractivity contribution in [1.29, 1.82) is 0 Å². The zero-order chi connectivity index (χ0) is 20.1. The summed E-state index contributed by atoms with van der Waals surface area (Å²) in [4.78, 5) is 13.0. The second kappa shape index (κ2) is 9.01. The molecule has 0 unspecified atom stereocenters. The van der Waals surface area contributed by atoms with E-state index in [2.05, 4.69) is 10.6 Å². The number of anilines is 1. The number of ether oxygens (including phenoxy) is 2. The minimum atomic E-state index is -3.72. The maximum Gasteiger partial charge on any atom is 0.246 e. The monoisotopic (exact) mass is 399 g/mol. The van der Waals surface area contributed by atoms with Crippen molar-refractivity contribution in [2.75, 3.05) is 52.8 Å². The molecule has 0 spiro atoms. The van der Waals surface area contributed by atoms with Crippen LogP contribution >= 0.6 is 0 Å². The first-order chi connectivity index (χ1) is 12.8. The number of carbonyl (C=O) groups excluding carboxylic acids is 1. The minimum Gasteiger partial charge on any atom is -0.492 e. The Labute approximate surface area is 161 Å². The van der Waals surface area contributed by atoms with E-state index in [-0.39, 0.29) is 16.6 Å². The molecule has 27 heavy (non-hydrogen) atoms. The Kier molecular flexibility index (Phi) is 7.21. The number of hydrogen-bond donors (Lipinski definition) is 2. The van der Waals surface area contributed by atoms with Crippen LogP contribution in [0.1, 0.15) is 19.8 Å². The molecular formula is C18H29N3O5S. The van der Waals surface area contributed by atoms with Crippen molar-refractivity contribution in [2.45, 2.75) is 24.7 Å². The van der Waals surface area contributed by atoms with E-state index in [0.717, 1.165) is 17.4 Å². The number of sulfonamides is 1. The molecule has 2 rings (SSSR count). The molecule has 0 aliphatic carbocycles. The molecule has 0 aromatic heterocycles. The summed E-state index contributed by atoms with van der Waals surface area (Å²) in [6.07, 6.45) is 1.32. The summed E-state index contributed by atoms with van der Waals surface area (Å²) in [5.41, 5.74) is -0.211. The molecule has 0 bridgehead atoms. The van der Waals surface area contributed by atoms with Gasteiger partial charge in [0, 0.05) is 26.9 Å². The van der Waals surface area contributed by atoms with Gasteiger partial charge in [0.25, 0.3) is 0 Å². The van der Waals surface area contributed by atoms with Crippen LogP contribution in [-0.4, -0.2) is 66.1 Å². The SMILES string of the molecule is CCOc1ccc(NC(=O)C2(COC)CCNCC2)cc1S(=O)(=O)N(C)C. The van der Waals surface area contributed by atoms with E-state index in [0.29, 0.717) is 31.7 Å². The van der Waals surface area contributed by atoms with Crippen LogP contribution in [-0.2, 0) is 19.6 Å². The Morgan fingerprint density at radius 3 is 2.52 bits per heavy atom. The number of carbonyl (C=O) groups is 1. The molecule has 1 saturated heterocycles. The Morgan fingerprint density at radius 1 is 1.30 bits per heavy atom. The first kappa shape index (κ1) is 21.6. The quantitative estimate of drug-likeness (QED) is 0.684. The number of nitrogens with zero attached hydrogens (tertiary/aromatic N) is 1. The van der Waals surface area contributed by atoms with Gasteiger partial charge in [-0.1, -0.05) is 0 Å². The van der Waals surface area contributed by atoms with Crippen LogP contribution in [0.15, 0.2) is 23.1 Å². The van der Waals surface area contributed by atoms with Crippen molar-refractivity contribution in [2.24, 2.45) is 5.41 Å². The first-order valence-electron chi connectivity index (χ1n) is 8.97. The van der Waals surface area contributed by atoms with Crippen LogP contribution in [0.25, 0.3) is 0 Å². The Bertz CT molecular complexity index is 753. The molecule has 152 valence electrons. The molecule has 1 aromatic carbocycles. The number of piperidine rings is 1. The second-order valence-electron chi connectivity index (χ2n) is 6.80. The van der Waals surface area contributed by atoms with Gasteiger partial charge in [-0.3, -0.25) is 4.79 Å². The third-order valence-corrected chi connectivity index (χ3v) is 6.56. The molecule has 9 heteroatoms. The second-order valence-corrected chi connectivity index (χ2v) is 8.92. The van der Waals surface area contributed by atoms with Gasteiger partial charge in [-0.2, -0.15) is 0 Å².